The van der Waals surface area contributed by atoms with Crippen LogP contribution in [-0.4, -0.2) is 83.7 Å². The van der Waals surface area contributed by atoms with Gasteiger partial charge in [-0.05, 0) is 44.6 Å². The first-order chi connectivity index (χ1) is 15.9. The summed E-state index contributed by atoms with van der Waals surface area (Å²) < 4.78 is 0. The van der Waals surface area contributed by atoms with E-state index in [1.54, 1.807) is 13.8 Å². The number of aliphatic imine (C=N–C) groups is 1. The summed E-state index contributed by atoms with van der Waals surface area (Å²) in [5.41, 5.74) is 21.8. The molecule has 0 aromatic rings. The van der Waals surface area contributed by atoms with Crippen molar-refractivity contribution in [3.63, 3.8) is 0 Å². The van der Waals surface area contributed by atoms with Crippen LogP contribution in [0.25, 0.3) is 0 Å². The van der Waals surface area contributed by atoms with Crippen molar-refractivity contribution in [1.29, 1.82) is 0 Å². The number of nitrogens with zero attached hydrogens (tertiary/aromatic N) is 1. The number of carboxylic acid groups (broad SMARTS) is 1. The van der Waals surface area contributed by atoms with Crippen LogP contribution in [0.1, 0.15) is 46.0 Å². The Morgan fingerprint density at radius 1 is 0.853 bits per heavy atom. The maximum Gasteiger partial charge on any atom is 0.326 e. The predicted octanol–water partition coefficient (Wildman–Crippen LogP) is -3.32. The van der Waals surface area contributed by atoms with Gasteiger partial charge in [0, 0.05) is 6.54 Å². The van der Waals surface area contributed by atoms with Crippen molar-refractivity contribution in [2.45, 2.75) is 70.1 Å². The molecule has 0 saturated heterocycles. The number of aliphatic hydroxyl groups is 1. The van der Waals surface area contributed by atoms with E-state index in [1.165, 1.54) is 0 Å². The molecule has 0 bridgehead atoms. The van der Waals surface area contributed by atoms with Gasteiger partial charge >= 0.3 is 5.97 Å². The molecule has 0 aliphatic rings. The fraction of sp³-hybridized carbons (Fsp3) is 0.750. The number of nitrogens with two attached hydrogens (primary N) is 4. The van der Waals surface area contributed by atoms with E-state index in [9.17, 15) is 29.4 Å². The van der Waals surface area contributed by atoms with E-state index in [4.69, 9.17) is 22.9 Å². The van der Waals surface area contributed by atoms with Crippen LogP contribution in [0, 0.1) is 5.92 Å². The second-order valence-corrected chi connectivity index (χ2v) is 8.21. The third-order valence-corrected chi connectivity index (χ3v) is 4.98. The first-order valence-corrected chi connectivity index (χ1v) is 11.2. The number of guanidine groups is 1. The van der Waals surface area contributed by atoms with E-state index >= 15 is 0 Å². The van der Waals surface area contributed by atoms with Gasteiger partial charge in [-0.2, -0.15) is 0 Å². The SMILES string of the molecule is CC(C)C(N)C(=O)NC(CO)C(=O)NC(CCCN=C(N)N)C(=O)NC(CCCCN)C(=O)O. The molecule has 0 rings (SSSR count). The average molecular weight is 489 g/mol. The summed E-state index contributed by atoms with van der Waals surface area (Å²) >= 11 is 0. The Hall–Kier alpha value is -2.97. The molecular formula is C20H40N8O6. The molecule has 0 heterocycles. The first kappa shape index (κ1) is 31.0. The lowest BCUT2D eigenvalue weighted by Crippen LogP contribution is -2.58. The van der Waals surface area contributed by atoms with Crippen LogP contribution >= 0.6 is 0 Å². The molecule has 0 aromatic heterocycles. The van der Waals surface area contributed by atoms with Crippen molar-refractivity contribution < 1.29 is 29.4 Å². The normalized spacial score (nSPS) is 14.4. The molecule has 4 atom stereocenters. The minimum absolute atomic E-state index is 0.0705. The number of rotatable bonds is 17. The molecule has 14 heteroatoms. The molecular weight excluding hydrogens is 448 g/mol. The number of aliphatic hydroxyl groups excluding tert-OH is 1. The molecule has 0 spiro atoms. The number of hydrogen-bond donors (Lipinski definition) is 9. The van der Waals surface area contributed by atoms with Gasteiger partial charge in [-0.3, -0.25) is 19.4 Å². The molecule has 0 fully saturated rings. The Labute approximate surface area is 199 Å². The Morgan fingerprint density at radius 3 is 1.88 bits per heavy atom. The van der Waals surface area contributed by atoms with Crippen LogP contribution in [0.2, 0.25) is 0 Å². The Kier molecular flexibility index (Phi) is 15.2. The topological polar surface area (TPSA) is 261 Å². The third kappa shape index (κ3) is 12.3. The molecule has 13 N–H and O–H groups in total. The van der Waals surface area contributed by atoms with Gasteiger partial charge in [0.05, 0.1) is 12.6 Å². The molecule has 0 aromatic carbocycles. The van der Waals surface area contributed by atoms with E-state index in [0.29, 0.717) is 19.4 Å². The zero-order valence-electron chi connectivity index (χ0n) is 19.8. The van der Waals surface area contributed by atoms with Crippen LogP contribution in [0.3, 0.4) is 0 Å². The van der Waals surface area contributed by atoms with E-state index in [1.807, 2.05) is 0 Å². The molecule has 4 unspecified atom stereocenters. The van der Waals surface area contributed by atoms with Crippen LogP contribution in [-0.2, 0) is 19.2 Å². The molecule has 0 aliphatic heterocycles. The van der Waals surface area contributed by atoms with Gasteiger partial charge in [0.2, 0.25) is 17.7 Å². The van der Waals surface area contributed by atoms with E-state index in [-0.39, 0.29) is 37.7 Å². The van der Waals surface area contributed by atoms with Gasteiger partial charge in [-0.15, -0.1) is 0 Å². The van der Waals surface area contributed by atoms with Crippen molar-refractivity contribution in [2.75, 3.05) is 19.7 Å². The van der Waals surface area contributed by atoms with Crippen molar-refractivity contribution in [2.24, 2.45) is 33.8 Å². The molecule has 196 valence electrons. The zero-order valence-corrected chi connectivity index (χ0v) is 19.8. The standard InChI is InChI=1S/C20H40N8O6/c1-11(2)15(22)18(32)28-14(10-29)17(31)26-12(7-5-9-25-20(23)24)16(30)27-13(19(33)34)6-3-4-8-21/h11-15,29H,3-10,21-22H2,1-2H3,(H,26,31)(H,27,30)(H,28,32)(H,33,34)(H4,23,24,25). The summed E-state index contributed by atoms with van der Waals surface area (Å²) in [6.07, 6.45) is 1.60. The van der Waals surface area contributed by atoms with Gasteiger partial charge in [-0.25, -0.2) is 4.79 Å². The number of nitrogens with one attached hydrogen (secondary N) is 3. The minimum atomic E-state index is -1.36. The van der Waals surface area contributed by atoms with Crippen molar-refractivity contribution >= 4 is 29.7 Å². The van der Waals surface area contributed by atoms with E-state index in [0.717, 1.165) is 0 Å². The van der Waals surface area contributed by atoms with Crippen molar-refractivity contribution in [3.8, 4) is 0 Å². The highest BCUT2D eigenvalue weighted by atomic mass is 16.4. The molecule has 3 amide bonds. The molecule has 0 aliphatic carbocycles. The number of carbonyl (C=O) groups is 4. The predicted molar refractivity (Wildman–Crippen MR) is 126 cm³/mol. The largest absolute Gasteiger partial charge is 0.480 e. The summed E-state index contributed by atoms with van der Waals surface area (Å²) in [7, 11) is 0. The monoisotopic (exact) mass is 488 g/mol. The lowest BCUT2D eigenvalue weighted by molar-refractivity contribution is -0.142. The van der Waals surface area contributed by atoms with Gasteiger partial charge in [0.25, 0.3) is 0 Å². The highest BCUT2D eigenvalue weighted by Crippen LogP contribution is 2.05. The third-order valence-electron chi connectivity index (χ3n) is 4.98. The first-order valence-electron chi connectivity index (χ1n) is 11.2. The summed E-state index contributed by atoms with van der Waals surface area (Å²) in [5, 5.41) is 26.2. The minimum Gasteiger partial charge on any atom is -0.480 e. The lowest BCUT2D eigenvalue weighted by atomic mass is 10.0. The van der Waals surface area contributed by atoms with Crippen LogP contribution in [0.4, 0.5) is 0 Å². The molecule has 0 radical (unpaired) electrons. The summed E-state index contributed by atoms with van der Waals surface area (Å²) in [6, 6.07) is -4.59. The lowest BCUT2D eigenvalue weighted by Gasteiger charge is -2.25. The maximum absolute atomic E-state index is 12.8. The molecule has 0 saturated carbocycles. The van der Waals surface area contributed by atoms with Gasteiger partial charge in [-0.1, -0.05) is 13.8 Å². The van der Waals surface area contributed by atoms with Crippen molar-refractivity contribution in [1.82, 2.24) is 16.0 Å². The number of carboxylic acids is 1. The smallest absolute Gasteiger partial charge is 0.326 e. The van der Waals surface area contributed by atoms with Crippen molar-refractivity contribution in [3.05, 3.63) is 0 Å². The van der Waals surface area contributed by atoms with E-state index in [2.05, 4.69) is 20.9 Å². The Bertz CT molecular complexity index is 699. The highest BCUT2D eigenvalue weighted by molar-refractivity contribution is 5.94. The maximum atomic E-state index is 12.8. The summed E-state index contributed by atoms with van der Waals surface area (Å²) in [4.78, 5) is 53.0. The summed E-state index contributed by atoms with van der Waals surface area (Å²) in [6.45, 7) is 3.27. The second-order valence-electron chi connectivity index (χ2n) is 8.21. The average Bonchev–Trinajstić information content (AvgIpc) is 2.77. The van der Waals surface area contributed by atoms with Gasteiger partial charge < -0.3 is 49.1 Å². The zero-order chi connectivity index (χ0) is 26.3. The number of amides is 3. The number of hydrogen-bond acceptors (Lipinski definition) is 8. The van der Waals surface area contributed by atoms with E-state index < -0.39 is 54.5 Å². The second kappa shape index (κ2) is 16.6. The Morgan fingerprint density at radius 2 is 1.38 bits per heavy atom. The number of unbranched alkanes of at least 4 members (excludes halogenated alkanes) is 1. The van der Waals surface area contributed by atoms with Crippen LogP contribution in [0.15, 0.2) is 4.99 Å². The molecule has 34 heavy (non-hydrogen) atoms. The number of aliphatic carboxylic acids is 1. The fourth-order valence-corrected chi connectivity index (χ4v) is 2.83. The summed E-state index contributed by atoms with van der Waals surface area (Å²) in [5.74, 6) is -3.77. The Balaban J connectivity index is 5.38. The molecule has 14 nitrogen and oxygen atoms in total. The van der Waals surface area contributed by atoms with Gasteiger partial charge in [0.1, 0.15) is 18.1 Å². The quantitative estimate of drug-likeness (QED) is 0.0558. The van der Waals surface area contributed by atoms with Crippen LogP contribution < -0.4 is 38.9 Å². The fourth-order valence-electron chi connectivity index (χ4n) is 2.83. The van der Waals surface area contributed by atoms with Crippen LogP contribution in [0.5, 0.6) is 0 Å². The number of carbonyl (C=O) groups excluding carboxylic acids is 3. The highest BCUT2D eigenvalue weighted by Gasteiger charge is 2.30. The van der Waals surface area contributed by atoms with Gasteiger partial charge in [0.15, 0.2) is 5.96 Å².